The normalized spacial score (nSPS) is 50.2. The summed E-state index contributed by atoms with van der Waals surface area (Å²) < 4.78 is 0.780. The Bertz CT molecular complexity index is 133. The quantitative estimate of drug-likeness (QED) is 0.532. The van der Waals surface area contributed by atoms with Gasteiger partial charge in [0.1, 0.15) is 0 Å². The monoisotopic (exact) mass is 281 g/mol. The minimum Gasteiger partial charge on any atom is -0.313 e. The van der Waals surface area contributed by atoms with Crippen LogP contribution in [0.4, 0.5) is 0 Å². The molecule has 1 heterocycles. The maximum absolute atomic E-state index is 3.60. The summed E-state index contributed by atoms with van der Waals surface area (Å²) in [5, 5.41) is 3.60. The van der Waals surface area contributed by atoms with Gasteiger partial charge in [-0.3, -0.25) is 0 Å². The lowest BCUT2D eigenvalue weighted by Crippen LogP contribution is -2.35. The Kier molecular flexibility index (Phi) is 3.83. The number of nitrogens with one attached hydrogen (secondary N) is 1. The number of alkyl halides is 1. The molecule has 1 aliphatic rings. The number of hydrogen-bond acceptors (Lipinski definition) is 1. The summed E-state index contributed by atoms with van der Waals surface area (Å²) in [6.45, 7) is 10.6. The fraction of sp³-hybridized carbons (Fsp3) is 1.00. The maximum atomic E-state index is 3.60. The van der Waals surface area contributed by atoms with Crippen molar-refractivity contribution in [1.29, 1.82) is 0 Å². The summed E-state index contributed by atoms with van der Waals surface area (Å²) >= 11 is 2.60. The van der Waals surface area contributed by atoms with Crippen LogP contribution >= 0.6 is 22.6 Å². The largest absolute Gasteiger partial charge is 0.313 e. The maximum Gasteiger partial charge on any atom is 0.0289 e. The van der Waals surface area contributed by atoms with Crippen LogP contribution in [0.5, 0.6) is 0 Å². The van der Waals surface area contributed by atoms with Crippen molar-refractivity contribution < 1.29 is 0 Å². The van der Waals surface area contributed by atoms with Gasteiger partial charge in [-0.15, -0.1) is 0 Å². The summed E-state index contributed by atoms with van der Waals surface area (Å²) in [5.41, 5.74) is 0. The Morgan fingerprint density at radius 1 is 1.08 bits per heavy atom. The van der Waals surface area contributed by atoms with Gasteiger partial charge in [-0.05, 0) is 31.2 Å². The molecule has 1 rings (SSSR count). The van der Waals surface area contributed by atoms with E-state index in [0.717, 1.165) is 21.7 Å². The van der Waals surface area contributed by atoms with Crippen LogP contribution in [0.2, 0.25) is 0 Å². The Morgan fingerprint density at radius 3 is 2.25 bits per heavy atom. The lowest BCUT2D eigenvalue weighted by atomic mass is 9.84. The van der Waals surface area contributed by atoms with Gasteiger partial charge in [0.15, 0.2) is 0 Å². The summed E-state index contributed by atoms with van der Waals surface area (Å²) in [4.78, 5) is 0. The molecule has 1 aliphatic heterocycles. The van der Waals surface area contributed by atoms with Gasteiger partial charge in [-0.25, -0.2) is 0 Å². The SMILES string of the molecule is CC1CNC(C)C(I)C(C)C1C. The molecular weight excluding hydrogens is 261 g/mol. The van der Waals surface area contributed by atoms with E-state index in [1.165, 1.54) is 6.54 Å². The first-order valence-corrected chi connectivity index (χ1v) is 6.16. The molecule has 1 N–H and O–H groups in total. The van der Waals surface area contributed by atoms with Crippen molar-refractivity contribution in [3.05, 3.63) is 0 Å². The Morgan fingerprint density at radius 2 is 1.67 bits per heavy atom. The van der Waals surface area contributed by atoms with E-state index in [0.29, 0.717) is 6.04 Å². The van der Waals surface area contributed by atoms with E-state index >= 15 is 0 Å². The van der Waals surface area contributed by atoms with Crippen LogP contribution in [0.1, 0.15) is 27.7 Å². The van der Waals surface area contributed by atoms with E-state index in [-0.39, 0.29) is 0 Å². The molecule has 5 unspecified atom stereocenters. The lowest BCUT2D eigenvalue weighted by molar-refractivity contribution is 0.302. The third-order valence-electron chi connectivity index (χ3n) is 3.47. The van der Waals surface area contributed by atoms with E-state index in [4.69, 9.17) is 0 Å². The topological polar surface area (TPSA) is 12.0 Å². The van der Waals surface area contributed by atoms with E-state index in [9.17, 15) is 0 Å². The first kappa shape index (κ1) is 10.8. The van der Waals surface area contributed by atoms with Gasteiger partial charge in [0.2, 0.25) is 0 Å². The van der Waals surface area contributed by atoms with Gasteiger partial charge in [-0.1, -0.05) is 43.4 Å². The van der Waals surface area contributed by atoms with Crippen molar-refractivity contribution in [2.45, 2.75) is 37.7 Å². The molecule has 0 bridgehead atoms. The Hall–Kier alpha value is 0.690. The predicted octanol–water partition coefficient (Wildman–Crippen LogP) is 2.69. The average Bonchev–Trinajstić information content (AvgIpc) is 2.14. The number of hydrogen-bond donors (Lipinski definition) is 1. The van der Waals surface area contributed by atoms with Gasteiger partial charge in [0.05, 0.1) is 0 Å². The third-order valence-corrected chi connectivity index (χ3v) is 5.68. The molecule has 0 aromatic rings. The van der Waals surface area contributed by atoms with E-state index in [2.05, 4.69) is 55.6 Å². The molecule has 72 valence electrons. The van der Waals surface area contributed by atoms with Crippen molar-refractivity contribution in [2.24, 2.45) is 17.8 Å². The molecule has 0 aromatic carbocycles. The van der Waals surface area contributed by atoms with E-state index < -0.39 is 0 Å². The van der Waals surface area contributed by atoms with Crippen molar-refractivity contribution in [2.75, 3.05) is 6.54 Å². The molecule has 0 aliphatic carbocycles. The first-order chi connectivity index (χ1) is 5.54. The van der Waals surface area contributed by atoms with Crippen LogP contribution < -0.4 is 5.32 Å². The van der Waals surface area contributed by atoms with Gasteiger partial charge >= 0.3 is 0 Å². The van der Waals surface area contributed by atoms with Crippen LogP contribution in [0.15, 0.2) is 0 Å². The molecule has 0 spiro atoms. The third kappa shape index (κ3) is 2.13. The van der Waals surface area contributed by atoms with Crippen molar-refractivity contribution in [1.82, 2.24) is 5.32 Å². The first-order valence-electron chi connectivity index (χ1n) is 4.91. The molecule has 0 radical (unpaired) electrons. The van der Waals surface area contributed by atoms with Gasteiger partial charge in [0, 0.05) is 9.97 Å². The summed E-state index contributed by atoms with van der Waals surface area (Å²) in [6, 6.07) is 0.674. The Labute approximate surface area is 89.8 Å². The standard InChI is InChI=1S/C10H20IN/c1-6-5-12-9(4)10(11)8(3)7(6)2/h6-10,12H,5H2,1-4H3. The van der Waals surface area contributed by atoms with Gasteiger partial charge in [-0.2, -0.15) is 0 Å². The zero-order valence-corrected chi connectivity index (χ0v) is 10.6. The van der Waals surface area contributed by atoms with Crippen molar-refractivity contribution in [3.8, 4) is 0 Å². The van der Waals surface area contributed by atoms with Crippen molar-refractivity contribution >= 4 is 22.6 Å². The van der Waals surface area contributed by atoms with E-state index in [1.807, 2.05) is 0 Å². The zero-order valence-electron chi connectivity index (χ0n) is 8.47. The van der Waals surface area contributed by atoms with Crippen LogP contribution in [0, 0.1) is 17.8 Å². The number of rotatable bonds is 0. The second-order valence-electron chi connectivity index (χ2n) is 4.34. The van der Waals surface area contributed by atoms with Gasteiger partial charge in [0.25, 0.3) is 0 Å². The molecule has 1 fully saturated rings. The Balaban J connectivity index is 2.68. The van der Waals surface area contributed by atoms with Crippen LogP contribution in [0.3, 0.4) is 0 Å². The molecular formula is C10H20IN. The molecule has 1 nitrogen and oxygen atoms in total. The van der Waals surface area contributed by atoms with E-state index in [1.54, 1.807) is 0 Å². The summed E-state index contributed by atoms with van der Waals surface area (Å²) in [7, 11) is 0. The highest BCUT2D eigenvalue weighted by atomic mass is 127. The second-order valence-corrected chi connectivity index (χ2v) is 5.78. The minimum atomic E-state index is 0.674. The number of halogens is 1. The molecule has 0 saturated carbocycles. The smallest absolute Gasteiger partial charge is 0.0289 e. The fourth-order valence-corrected chi connectivity index (χ4v) is 2.84. The molecule has 0 amide bonds. The zero-order chi connectivity index (χ0) is 9.30. The highest BCUT2D eigenvalue weighted by Gasteiger charge is 2.31. The van der Waals surface area contributed by atoms with Crippen LogP contribution in [-0.4, -0.2) is 16.5 Å². The lowest BCUT2D eigenvalue weighted by Gasteiger charge is -2.26. The molecule has 2 heteroatoms. The molecule has 12 heavy (non-hydrogen) atoms. The summed E-state index contributed by atoms with van der Waals surface area (Å²) in [6.07, 6.45) is 0. The average molecular weight is 281 g/mol. The highest BCUT2D eigenvalue weighted by molar-refractivity contribution is 14.1. The van der Waals surface area contributed by atoms with Crippen molar-refractivity contribution in [3.63, 3.8) is 0 Å². The minimum absolute atomic E-state index is 0.674. The fourth-order valence-electron chi connectivity index (χ4n) is 1.93. The molecule has 0 aromatic heterocycles. The predicted molar refractivity (Wildman–Crippen MR) is 62.8 cm³/mol. The summed E-state index contributed by atoms with van der Waals surface area (Å²) in [5.74, 6) is 2.51. The highest BCUT2D eigenvalue weighted by Crippen LogP contribution is 2.31. The van der Waals surface area contributed by atoms with Crippen LogP contribution in [-0.2, 0) is 0 Å². The molecule has 1 saturated heterocycles. The van der Waals surface area contributed by atoms with Gasteiger partial charge < -0.3 is 5.32 Å². The molecule has 5 atom stereocenters. The second kappa shape index (κ2) is 4.27. The van der Waals surface area contributed by atoms with Crippen LogP contribution in [0.25, 0.3) is 0 Å².